The first-order valence-corrected chi connectivity index (χ1v) is 11.5. The van der Waals surface area contributed by atoms with Crippen molar-refractivity contribution in [3.8, 4) is 5.75 Å². The van der Waals surface area contributed by atoms with E-state index in [1.807, 2.05) is 24.3 Å². The largest absolute Gasteiger partial charge is 0.497 e. The molecule has 0 spiro atoms. The third-order valence-corrected chi connectivity index (χ3v) is 6.06. The zero-order valence-electron chi connectivity index (χ0n) is 20.2. The quantitative estimate of drug-likeness (QED) is 0.481. The fraction of sp³-hybridized carbons (Fsp3) is 0.346. The van der Waals surface area contributed by atoms with Gasteiger partial charge in [-0.3, -0.25) is 14.4 Å². The lowest BCUT2D eigenvalue weighted by molar-refractivity contribution is -0.142. The Balaban J connectivity index is 1.53. The summed E-state index contributed by atoms with van der Waals surface area (Å²) in [5.41, 5.74) is 1.74. The highest BCUT2D eigenvalue weighted by Gasteiger charge is 2.32. The van der Waals surface area contributed by atoms with Crippen LogP contribution in [0.5, 0.6) is 5.75 Å². The van der Waals surface area contributed by atoms with Crippen LogP contribution in [0.1, 0.15) is 22.5 Å². The van der Waals surface area contributed by atoms with E-state index in [9.17, 15) is 18.8 Å². The topological polar surface area (TPSA) is 101 Å². The summed E-state index contributed by atoms with van der Waals surface area (Å²) in [5.74, 6) is -0.845. The van der Waals surface area contributed by atoms with E-state index in [-0.39, 0.29) is 50.8 Å². The van der Waals surface area contributed by atoms with Crippen LogP contribution in [-0.4, -0.2) is 79.1 Å². The predicted molar refractivity (Wildman–Crippen MR) is 129 cm³/mol. The van der Waals surface area contributed by atoms with E-state index in [2.05, 4.69) is 4.98 Å². The van der Waals surface area contributed by atoms with Crippen LogP contribution in [0.4, 0.5) is 4.39 Å². The minimum absolute atomic E-state index is 0.0341. The summed E-state index contributed by atoms with van der Waals surface area (Å²) >= 11 is 0. The summed E-state index contributed by atoms with van der Waals surface area (Å²) in [6, 6.07) is 13.2. The molecule has 0 bridgehead atoms. The van der Waals surface area contributed by atoms with E-state index in [1.165, 1.54) is 29.0 Å². The van der Waals surface area contributed by atoms with Gasteiger partial charge in [0.25, 0.3) is 5.91 Å². The van der Waals surface area contributed by atoms with Crippen molar-refractivity contribution in [2.24, 2.45) is 0 Å². The van der Waals surface area contributed by atoms with E-state index in [1.54, 1.807) is 19.2 Å². The monoisotopic (exact) mass is 497 g/mol. The highest BCUT2D eigenvalue weighted by molar-refractivity contribution is 5.99. The van der Waals surface area contributed by atoms with Crippen molar-refractivity contribution in [1.29, 1.82) is 0 Å². The minimum atomic E-state index is -0.508. The molecule has 4 rings (SSSR count). The summed E-state index contributed by atoms with van der Waals surface area (Å²) < 4.78 is 29.7. The van der Waals surface area contributed by atoms with Gasteiger partial charge in [0.05, 0.1) is 33.4 Å². The van der Waals surface area contributed by atoms with Gasteiger partial charge in [-0.15, -0.1) is 0 Å². The van der Waals surface area contributed by atoms with E-state index in [0.29, 0.717) is 16.7 Å². The molecule has 1 saturated heterocycles. The molecule has 2 amide bonds. The van der Waals surface area contributed by atoms with Crippen LogP contribution < -0.4 is 4.74 Å². The Labute approximate surface area is 207 Å². The summed E-state index contributed by atoms with van der Waals surface area (Å²) in [5, 5.41) is 0.560. The summed E-state index contributed by atoms with van der Waals surface area (Å²) in [6.07, 6.45) is -0.474. The Kier molecular flexibility index (Phi) is 7.84. The summed E-state index contributed by atoms with van der Waals surface area (Å²) in [6.45, 7) is 0.587. The lowest BCUT2D eigenvalue weighted by Gasteiger charge is -2.24. The van der Waals surface area contributed by atoms with E-state index >= 15 is 0 Å². The number of aromatic nitrogens is 1. The average molecular weight is 498 g/mol. The number of amides is 2. The molecule has 1 aliphatic rings. The molecule has 9 nitrogen and oxygen atoms in total. The summed E-state index contributed by atoms with van der Waals surface area (Å²) in [7, 11) is 2.87. The van der Waals surface area contributed by atoms with Crippen molar-refractivity contribution in [3.05, 3.63) is 65.6 Å². The lowest BCUT2D eigenvalue weighted by Crippen LogP contribution is -2.40. The van der Waals surface area contributed by atoms with Crippen LogP contribution in [0.25, 0.3) is 10.9 Å². The second-order valence-corrected chi connectivity index (χ2v) is 8.55. The Hall–Kier alpha value is -3.92. The molecule has 1 atom stereocenters. The van der Waals surface area contributed by atoms with Crippen LogP contribution in [0, 0.1) is 5.82 Å². The molecule has 0 radical (unpaired) electrons. The number of aromatic amines is 1. The van der Waals surface area contributed by atoms with Gasteiger partial charge in [0.15, 0.2) is 0 Å². The molecule has 0 aliphatic carbocycles. The van der Waals surface area contributed by atoms with Gasteiger partial charge in [0.2, 0.25) is 5.91 Å². The van der Waals surface area contributed by atoms with Gasteiger partial charge < -0.3 is 29.0 Å². The van der Waals surface area contributed by atoms with Gasteiger partial charge in [0, 0.05) is 30.5 Å². The number of hydrogen-bond acceptors (Lipinski definition) is 6. The number of rotatable bonds is 8. The third kappa shape index (κ3) is 6.01. The first-order valence-electron chi connectivity index (χ1n) is 11.5. The van der Waals surface area contributed by atoms with Crippen molar-refractivity contribution in [1.82, 2.24) is 14.8 Å². The van der Waals surface area contributed by atoms with Crippen LogP contribution in [0.2, 0.25) is 0 Å². The van der Waals surface area contributed by atoms with Gasteiger partial charge >= 0.3 is 5.97 Å². The Morgan fingerprint density at radius 2 is 1.94 bits per heavy atom. The van der Waals surface area contributed by atoms with Crippen molar-refractivity contribution < 1.29 is 33.0 Å². The first kappa shape index (κ1) is 25.2. The van der Waals surface area contributed by atoms with Gasteiger partial charge in [-0.05, 0) is 42.0 Å². The zero-order chi connectivity index (χ0) is 25.7. The molecule has 1 N–H and O–H groups in total. The number of H-pyrrole nitrogens is 1. The SMILES string of the molecule is COC(=O)CCN1C[C@@H](OCc2cccc(OC)c2)CN(C(=O)c2cc3cc(F)ccc3[nH]2)CC1=O. The number of carbonyl (C=O) groups excluding carboxylic acids is 3. The Morgan fingerprint density at radius 1 is 1.11 bits per heavy atom. The molecule has 0 unspecified atom stereocenters. The molecule has 1 aliphatic heterocycles. The number of benzene rings is 2. The number of nitrogens with one attached hydrogen (secondary N) is 1. The van der Waals surface area contributed by atoms with Crippen LogP contribution in [-0.2, 0) is 25.7 Å². The number of fused-ring (bicyclic) bond motifs is 1. The number of nitrogens with zero attached hydrogens (tertiary/aromatic N) is 2. The van der Waals surface area contributed by atoms with Crippen LogP contribution in [0.3, 0.4) is 0 Å². The highest BCUT2D eigenvalue weighted by Crippen LogP contribution is 2.20. The number of methoxy groups -OCH3 is 2. The molecule has 36 heavy (non-hydrogen) atoms. The van der Waals surface area contributed by atoms with E-state index in [0.717, 1.165) is 5.56 Å². The second-order valence-electron chi connectivity index (χ2n) is 8.55. The van der Waals surface area contributed by atoms with Gasteiger partial charge in [-0.25, -0.2) is 4.39 Å². The Morgan fingerprint density at radius 3 is 2.72 bits per heavy atom. The first-order chi connectivity index (χ1) is 17.4. The normalized spacial score (nSPS) is 16.2. The molecule has 0 saturated carbocycles. The number of halogens is 1. The fourth-order valence-corrected chi connectivity index (χ4v) is 4.15. The maximum absolute atomic E-state index is 13.6. The highest BCUT2D eigenvalue weighted by atomic mass is 19.1. The fourth-order valence-electron chi connectivity index (χ4n) is 4.15. The van der Waals surface area contributed by atoms with Crippen LogP contribution in [0.15, 0.2) is 48.5 Å². The third-order valence-electron chi connectivity index (χ3n) is 6.06. The molecule has 3 aromatic rings. The standard InChI is InChI=1S/C26H28FN3O6/c1-34-20-5-3-4-17(10-20)16-36-21-13-29(9-8-25(32)35-2)24(31)15-30(14-21)26(33)23-12-18-11-19(27)6-7-22(18)28-23/h3-7,10-12,21,28H,8-9,13-16H2,1-2H3/t21-/m1/s1. The van der Waals surface area contributed by atoms with Crippen LogP contribution >= 0.6 is 0 Å². The lowest BCUT2D eigenvalue weighted by atomic mass is 10.2. The zero-order valence-corrected chi connectivity index (χ0v) is 20.2. The Bertz CT molecular complexity index is 1260. The number of carbonyl (C=O) groups is 3. The van der Waals surface area contributed by atoms with E-state index < -0.39 is 23.8 Å². The number of hydrogen-bond donors (Lipinski definition) is 1. The van der Waals surface area contributed by atoms with Crippen molar-refractivity contribution >= 4 is 28.7 Å². The molecule has 190 valence electrons. The van der Waals surface area contributed by atoms with Crippen molar-refractivity contribution in [3.63, 3.8) is 0 Å². The number of ether oxygens (including phenoxy) is 3. The molecule has 2 aromatic carbocycles. The molecular weight excluding hydrogens is 469 g/mol. The molecule has 2 heterocycles. The van der Waals surface area contributed by atoms with Gasteiger partial charge in [-0.2, -0.15) is 0 Å². The van der Waals surface area contributed by atoms with Crippen molar-refractivity contribution in [2.75, 3.05) is 40.4 Å². The smallest absolute Gasteiger partial charge is 0.307 e. The maximum Gasteiger partial charge on any atom is 0.307 e. The van der Waals surface area contributed by atoms with Gasteiger partial charge in [0.1, 0.15) is 23.8 Å². The maximum atomic E-state index is 13.6. The molecule has 1 aromatic heterocycles. The molecular formula is C26H28FN3O6. The average Bonchev–Trinajstić information content (AvgIpc) is 3.23. The minimum Gasteiger partial charge on any atom is -0.497 e. The predicted octanol–water partition coefficient (Wildman–Crippen LogP) is 2.75. The summed E-state index contributed by atoms with van der Waals surface area (Å²) in [4.78, 5) is 44.0. The molecule has 10 heteroatoms. The molecule has 1 fully saturated rings. The van der Waals surface area contributed by atoms with E-state index in [4.69, 9.17) is 14.2 Å². The number of esters is 1. The van der Waals surface area contributed by atoms with Gasteiger partial charge in [-0.1, -0.05) is 12.1 Å². The van der Waals surface area contributed by atoms with Crippen molar-refractivity contribution in [2.45, 2.75) is 19.1 Å². The second kappa shape index (κ2) is 11.2.